The van der Waals surface area contributed by atoms with Crippen LogP contribution in [0.15, 0.2) is 24.4 Å². The fraction of sp³-hybridized carbons (Fsp3) is 0.435. The molecule has 8 heteroatoms. The van der Waals surface area contributed by atoms with E-state index in [1.54, 1.807) is 19.2 Å². The predicted octanol–water partition coefficient (Wildman–Crippen LogP) is 4.45. The number of aliphatic hydroxyl groups excluding tert-OH is 1. The highest BCUT2D eigenvalue weighted by atomic mass is 35.5. The Balaban J connectivity index is 1.49. The van der Waals surface area contributed by atoms with Crippen LogP contribution in [0.3, 0.4) is 0 Å². The van der Waals surface area contributed by atoms with Crippen molar-refractivity contribution in [3.63, 3.8) is 0 Å². The van der Waals surface area contributed by atoms with Crippen molar-refractivity contribution < 1.29 is 14.2 Å². The van der Waals surface area contributed by atoms with E-state index < -0.39 is 11.9 Å². The van der Waals surface area contributed by atoms with Gasteiger partial charge in [0.05, 0.1) is 17.2 Å². The molecule has 164 valence electrons. The number of aromatic nitrogens is 1. The molecular weight excluding hydrogens is 440 g/mol. The van der Waals surface area contributed by atoms with Gasteiger partial charge in [0.1, 0.15) is 11.9 Å². The van der Waals surface area contributed by atoms with Crippen LogP contribution in [0.4, 0.5) is 10.2 Å². The third-order valence-corrected chi connectivity index (χ3v) is 6.88. The summed E-state index contributed by atoms with van der Waals surface area (Å²) in [6.07, 6.45) is 2.84. The molecule has 1 aromatic heterocycles. The molecule has 0 radical (unpaired) electrons. The Morgan fingerprint density at radius 3 is 2.77 bits per heavy atom. The van der Waals surface area contributed by atoms with E-state index in [1.165, 1.54) is 12.1 Å². The number of hydrogen-bond acceptors (Lipinski definition) is 5. The monoisotopic (exact) mass is 463 g/mol. The highest BCUT2D eigenvalue weighted by Crippen LogP contribution is 2.53. The molecule has 3 atom stereocenters. The van der Waals surface area contributed by atoms with E-state index in [0.717, 1.165) is 19.4 Å². The van der Waals surface area contributed by atoms with Crippen LogP contribution in [-0.2, 0) is 0 Å². The number of rotatable bonds is 4. The third-order valence-electron chi connectivity index (χ3n) is 6.17. The minimum absolute atomic E-state index is 0.000349. The topological polar surface area (TPSA) is 71.6 Å². The molecule has 4 rings (SSSR count). The number of nitrogens with zero attached hydrogens (tertiary/aromatic N) is 2. The van der Waals surface area contributed by atoms with Crippen molar-refractivity contribution in [1.82, 2.24) is 9.88 Å². The van der Waals surface area contributed by atoms with Crippen LogP contribution in [0.5, 0.6) is 5.75 Å². The average Bonchev–Trinajstić information content (AvgIpc) is 3.44. The Labute approximate surface area is 191 Å². The summed E-state index contributed by atoms with van der Waals surface area (Å²) >= 11 is 12.3. The molecule has 5 nitrogen and oxygen atoms in total. The lowest BCUT2D eigenvalue weighted by molar-refractivity contribution is 0.130. The summed E-state index contributed by atoms with van der Waals surface area (Å²) in [6, 6.07) is 4.34. The van der Waals surface area contributed by atoms with Gasteiger partial charge in [0, 0.05) is 46.9 Å². The van der Waals surface area contributed by atoms with Gasteiger partial charge in [-0.1, -0.05) is 35.0 Å². The quantitative estimate of drug-likeness (QED) is 0.517. The molecule has 3 N–H and O–H groups in total. The van der Waals surface area contributed by atoms with Gasteiger partial charge in [-0.05, 0) is 38.8 Å². The predicted molar refractivity (Wildman–Crippen MR) is 120 cm³/mol. The number of likely N-dealkylation sites (tertiary alicyclic amines) is 1. The molecule has 2 aliphatic rings. The average molecular weight is 464 g/mol. The van der Waals surface area contributed by atoms with Crippen molar-refractivity contribution >= 4 is 29.0 Å². The van der Waals surface area contributed by atoms with E-state index in [-0.39, 0.29) is 28.4 Å². The van der Waals surface area contributed by atoms with E-state index in [9.17, 15) is 9.50 Å². The van der Waals surface area contributed by atoms with Crippen LogP contribution >= 0.6 is 23.2 Å². The molecule has 0 bridgehead atoms. The Bertz CT molecular complexity index is 1060. The Kier molecular flexibility index (Phi) is 6.06. The first-order valence-corrected chi connectivity index (χ1v) is 10.9. The first kappa shape index (κ1) is 22.2. The Morgan fingerprint density at radius 1 is 1.35 bits per heavy atom. The largest absolute Gasteiger partial charge is 0.482 e. The summed E-state index contributed by atoms with van der Waals surface area (Å²) in [6.45, 7) is 5.26. The summed E-state index contributed by atoms with van der Waals surface area (Å²) in [5.41, 5.74) is 7.04. The zero-order chi connectivity index (χ0) is 22.3. The van der Waals surface area contributed by atoms with E-state index in [4.69, 9.17) is 33.7 Å². The highest BCUT2D eigenvalue weighted by Gasteiger charge is 2.54. The van der Waals surface area contributed by atoms with Gasteiger partial charge in [0.25, 0.3) is 0 Å². The normalized spacial score (nSPS) is 21.4. The number of β-amino-alcohol motifs (C(OH)–C–C–N with tert-alkyl or cyclic N) is 1. The first-order valence-electron chi connectivity index (χ1n) is 10.2. The van der Waals surface area contributed by atoms with E-state index in [0.29, 0.717) is 28.4 Å². The Morgan fingerprint density at radius 2 is 2.10 bits per heavy atom. The number of nitrogens with two attached hydrogens (primary N) is 1. The fourth-order valence-corrected chi connectivity index (χ4v) is 4.68. The summed E-state index contributed by atoms with van der Waals surface area (Å²) in [5.74, 6) is 6.26. The first-order chi connectivity index (χ1) is 14.7. The molecule has 31 heavy (non-hydrogen) atoms. The van der Waals surface area contributed by atoms with Gasteiger partial charge in [-0.25, -0.2) is 9.37 Å². The van der Waals surface area contributed by atoms with E-state index >= 15 is 0 Å². The van der Waals surface area contributed by atoms with Crippen molar-refractivity contribution in [3.8, 4) is 17.6 Å². The van der Waals surface area contributed by atoms with E-state index in [2.05, 4.69) is 21.7 Å². The molecule has 1 aliphatic carbocycles. The smallest absolute Gasteiger partial charge is 0.166 e. The van der Waals surface area contributed by atoms with Gasteiger partial charge in [-0.3, -0.25) is 4.90 Å². The second-order valence-electron chi connectivity index (χ2n) is 8.38. The van der Waals surface area contributed by atoms with Crippen LogP contribution in [0.25, 0.3) is 0 Å². The zero-order valence-corrected chi connectivity index (χ0v) is 18.8. The van der Waals surface area contributed by atoms with Gasteiger partial charge in [0.15, 0.2) is 11.6 Å². The van der Waals surface area contributed by atoms with Crippen molar-refractivity contribution in [2.45, 2.75) is 44.9 Å². The zero-order valence-electron chi connectivity index (χ0n) is 17.3. The van der Waals surface area contributed by atoms with Gasteiger partial charge >= 0.3 is 0 Å². The summed E-state index contributed by atoms with van der Waals surface area (Å²) in [4.78, 5) is 6.38. The van der Waals surface area contributed by atoms with Crippen molar-refractivity contribution in [2.24, 2.45) is 5.41 Å². The van der Waals surface area contributed by atoms with Gasteiger partial charge in [-0.2, -0.15) is 0 Å². The lowest BCUT2D eigenvalue weighted by Gasteiger charge is -2.19. The summed E-state index contributed by atoms with van der Waals surface area (Å²) in [5, 5.41) is 10.5. The lowest BCUT2D eigenvalue weighted by atomic mass is 10.0. The van der Waals surface area contributed by atoms with Crippen LogP contribution in [0.1, 0.15) is 43.9 Å². The second-order valence-corrected chi connectivity index (χ2v) is 9.16. The van der Waals surface area contributed by atoms with Crippen molar-refractivity contribution in [2.75, 3.05) is 18.8 Å². The number of aliphatic hydroxyl groups is 1. The standard InChI is InChI=1S/C23H24Cl2FN3O2/c1-13(29-11-19(30)23(12-29)7-8-23)3-4-15-9-18(22(27)28-10-15)31-14(2)20-16(24)5-6-17(26)21(20)25/h5-6,9-10,13-14,19,30H,7-8,11-12H2,1-2H3,(H2,27,28)/t13?,14-,19?/m1/s1. The maximum absolute atomic E-state index is 13.9. The van der Waals surface area contributed by atoms with Gasteiger partial charge in [-0.15, -0.1) is 0 Å². The number of benzene rings is 1. The van der Waals surface area contributed by atoms with Gasteiger partial charge in [0.2, 0.25) is 0 Å². The number of hydrogen-bond donors (Lipinski definition) is 2. The van der Waals surface area contributed by atoms with Crippen molar-refractivity contribution in [3.05, 3.63) is 51.4 Å². The van der Waals surface area contributed by atoms with Crippen LogP contribution in [-0.4, -0.2) is 40.2 Å². The second kappa shape index (κ2) is 8.48. The molecule has 1 aliphatic heterocycles. The molecule has 0 amide bonds. The van der Waals surface area contributed by atoms with Crippen LogP contribution < -0.4 is 10.5 Å². The molecule has 2 heterocycles. The summed E-state index contributed by atoms with van der Waals surface area (Å²) < 4.78 is 19.8. The summed E-state index contributed by atoms with van der Waals surface area (Å²) in [7, 11) is 0. The molecule has 2 fully saturated rings. The van der Waals surface area contributed by atoms with E-state index in [1.807, 2.05) is 6.92 Å². The maximum atomic E-state index is 13.9. The molecule has 1 aromatic carbocycles. The third kappa shape index (κ3) is 4.47. The number of pyridine rings is 1. The highest BCUT2D eigenvalue weighted by molar-refractivity contribution is 6.36. The van der Waals surface area contributed by atoms with Crippen LogP contribution in [0.2, 0.25) is 10.0 Å². The van der Waals surface area contributed by atoms with Crippen LogP contribution in [0, 0.1) is 23.1 Å². The number of anilines is 1. The van der Waals surface area contributed by atoms with Gasteiger partial charge < -0.3 is 15.6 Å². The SMILES string of the molecule is CC(C#Cc1cnc(N)c(O[C@H](C)c2c(Cl)ccc(F)c2Cl)c1)N1CC(O)C2(CC2)C1. The molecule has 2 unspecified atom stereocenters. The minimum Gasteiger partial charge on any atom is -0.482 e. The number of halogens is 3. The Hall–Kier alpha value is -2.04. The lowest BCUT2D eigenvalue weighted by Crippen LogP contribution is -2.30. The number of nitrogen functional groups attached to an aromatic ring is 1. The van der Waals surface area contributed by atoms with Crippen molar-refractivity contribution in [1.29, 1.82) is 0 Å². The minimum atomic E-state index is -0.650. The molecular formula is C23H24Cl2FN3O2. The fourth-order valence-electron chi connectivity index (χ4n) is 4.00. The maximum Gasteiger partial charge on any atom is 0.166 e. The number of ether oxygens (including phenoxy) is 1. The molecule has 1 spiro atoms. The molecule has 1 saturated heterocycles. The molecule has 1 saturated carbocycles. The molecule has 2 aromatic rings.